The molecule has 0 aliphatic heterocycles. The van der Waals surface area contributed by atoms with E-state index < -0.39 is 12.0 Å². The van der Waals surface area contributed by atoms with Crippen molar-refractivity contribution in [3.8, 4) is 17.2 Å². The van der Waals surface area contributed by atoms with Crippen LogP contribution in [0.5, 0.6) is 17.2 Å². The molecule has 2 rings (SSSR count). The number of ether oxygens (including phenoxy) is 1. The van der Waals surface area contributed by atoms with Gasteiger partial charge < -0.3 is 20.7 Å². The summed E-state index contributed by atoms with van der Waals surface area (Å²) >= 11 is 8.28. The summed E-state index contributed by atoms with van der Waals surface area (Å²) in [6, 6.07) is 5.79. The number of carbonyl (C=O) groups is 1. The van der Waals surface area contributed by atoms with Crippen molar-refractivity contribution in [3.05, 3.63) is 44.1 Å². The van der Waals surface area contributed by atoms with Crippen LogP contribution >= 0.6 is 90.4 Å². The van der Waals surface area contributed by atoms with Gasteiger partial charge in [0.05, 0.1) is 14.3 Å². The highest BCUT2D eigenvalue weighted by atomic mass is 127. The van der Waals surface area contributed by atoms with Crippen molar-refractivity contribution in [1.82, 2.24) is 0 Å². The predicted octanol–water partition coefficient (Wildman–Crippen LogP) is 4.56. The number of carboxylic acids is 1. The number of halogens is 4. The van der Waals surface area contributed by atoms with Gasteiger partial charge in [0.15, 0.2) is 5.75 Å². The SMILES string of the molecule is [2H]N([2H])[C@@H](Cc1cc(I)c(Oc2cc(I)c(O)c(I)c2)c(I)c1)C(=O)O. The molecule has 0 fully saturated rings. The van der Waals surface area contributed by atoms with Crippen molar-refractivity contribution in [2.75, 3.05) is 0 Å². The average Bonchev–Trinajstić information content (AvgIpc) is 2.53. The molecule has 0 bridgehead atoms. The monoisotopic (exact) mass is 779 g/mol. The van der Waals surface area contributed by atoms with E-state index in [1.54, 1.807) is 24.3 Å². The molecule has 0 aliphatic carbocycles. The molecule has 5 nitrogen and oxygen atoms in total. The standard InChI is InChI=1S/C15H11I4NO4/c16-8-4-7(5-9(17)13(8)21)24-14-10(18)1-6(2-11(14)19)3-12(20)15(22)23/h1-2,4-5,12,21H,3,20H2,(H,22,23)/t12-/m0/s1/i/hD2. The second-order valence-electron chi connectivity index (χ2n) is 4.78. The molecule has 0 radical (unpaired) electrons. The average molecular weight is 779 g/mol. The fourth-order valence-corrected chi connectivity index (χ4v) is 5.69. The number of nitrogens with two attached hydrogens (primary N) is 1. The Morgan fingerprint density at radius 3 is 2.12 bits per heavy atom. The van der Waals surface area contributed by atoms with Gasteiger partial charge in [-0.1, -0.05) is 0 Å². The largest absolute Gasteiger partial charge is 0.506 e. The fraction of sp³-hybridized carbons (Fsp3) is 0.133. The molecular weight excluding hydrogens is 766 g/mol. The van der Waals surface area contributed by atoms with Gasteiger partial charge in [-0.15, -0.1) is 0 Å². The molecule has 0 unspecified atom stereocenters. The summed E-state index contributed by atoms with van der Waals surface area (Å²) in [5, 5.41) is 19.0. The Balaban J connectivity index is 2.31. The zero-order valence-electron chi connectivity index (χ0n) is 13.8. The number of hydrogen-bond acceptors (Lipinski definition) is 4. The zero-order chi connectivity index (χ0) is 19.6. The van der Waals surface area contributed by atoms with Crippen molar-refractivity contribution in [3.63, 3.8) is 0 Å². The number of phenolic OH excluding ortho intramolecular Hbond substituents is 1. The van der Waals surface area contributed by atoms with Gasteiger partial charge in [-0.2, -0.15) is 0 Å². The molecule has 128 valence electrons. The molecule has 4 N–H and O–H groups in total. The van der Waals surface area contributed by atoms with E-state index >= 15 is 0 Å². The molecule has 9 heteroatoms. The second kappa shape index (κ2) is 8.85. The smallest absolute Gasteiger partial charge is 0.320 e. The zero-order valence-corrected chi connectivity index (χ0v) is 20.4. The summed E-state index contributed by atoms with van der Waals surface area (Å²) in [6.45, 7) is 0. The van der Waals surface area contributed by atoms with Crippen molar-refractivity contribution in [1.29, 1.82) is 0 Å². The summed E-state index contributed by atoms with van der Waals surface area (Å²) in [6.07, 6.45) is 0.0453. The maximum absolute atomic E-state index is 11.2. The van der Waals surface area contributed by atoms with Crippen LogP contribution in [-0.4, -0.2) is 22.2 Å². The number of carboxylic acid groups (broad SMARTS) is 1. The Labute approximate surface area is 196 Å². The van der Waals surface area contributed by atoms with Crippen molar-refractivity contribution < 1.29 is 22.6 Å². The Kier molecular flexibility index (Phi) is 6.56. The third-order valence-corrected chi connectivity index (χ3v) is 6.23. The first-order valence-electron chi connectivity index (χ1n) is 7.33. The van der Waals surface area contributed by atoms with E-state index in [4.69, 9.17) is 12.7 Å². The normalized spacial score (nSPS) is 13.4. The van der Waals surface area contributed by atoms with E-state index in [0.29, 0.717) is 24.2 Å². The lowest BCUT2D eigenvalue weighted by Crippen LogP contribution is -2.32. The Morgan fingerprint density at radius 1 is 1.12 bits per heavy atom. The van der Waals surface area contributed by atoms with Gasteiger partial charge in [-0.05, 0) is 127 Å². The van der Waals surface area contributed by atoms with Crippen LogP contribution in [0.3, 0.4) is 0 Å². The van der Waals surface area contributed by atoms with Gasteiger partial charge in [0, 0.05) is 0 Å². The van der Waals surface area contributed by atoms with Crippen molar-refractivity contribution in [2.24, 2.45) is 5.72 Å². The van der Waals surface area contributed by atoms with Crippen LogP contribution < -0.4 is 10.5 Å². The third-order valence-electron chi connectivity index (χ3n) is 2.98. The summed E-state index contributed by atoms with van der Waals surface area (Å²) in [5.74, 6) is 0.224. The lowest BCUT2D eigenvalue weighted by Gasteiger charge is -2.14. The summed E-state index contributed by atoms with van der Waals surface area (Å²) < 4.78 is 23.4. The maximum atomic E-state index is 11.2. The van der Waals surface area contributed by atoms with E-state index in [9.17, 15) is 9.90 Å². The van der Waals surface area contributed by atoms with Crippen molar-refractivity contribution >= 4 is 96.3 Å². The predicted molar refractivity (Wildman–Crippen MR) is 125 cm³/mol. The van der Waals surface area contributed by atoms with Crippen LogP contribution in [0.15, 0.2) is 24.3 Å². The quantitative estimate of drug-likeness (QED) is 0.375. The number of aliphatic carboxylic acids is 1. The van der Waals surface area contributed by atoms with E-state index in [-0.39, 0.29) is 17.9 Å². The molecular formula is C15H11I4NO4. The highest BCUT2D eigenvalue weighted by molar-refractivity contribution is 14.1. The maximum Gasteiger partial charge on any atom is 0.320 e. The van der Waals surface area contributed by atoms with Crippen LogP contribution in [0.1, 0.15) is 5.56 Å². The van der Waals surface area contributed by atoms with E-state index in [2.05, 4.69) is 45.2 Å². The molecule has 2 aromatic carbocycles. The molecule has 0 heterocycles. The number of phenols is 1. The Bertz CT molecular complexity index is 804. The highest BCUT2D eigenvalue weighted by Gasteiger charge is 2.16. The van der Waals surface area contributed by atoms with Crippen molar-refractivity contribution in [2.45, 2.75) is 12.5 Å². The van der Waals surface area contributed by atoms with Crippen LogP contribution in [0.4, 0.5) is 0 Å². The van der Waals surface area contributed by atoms with Crippen LogP contribution in [0.25, 0.3) is 0 Å². The number of aromatic hydroxyl groups is 1. The van der Waals surface area contributed by atoms with Crippen LogP contribution in [0, 0.1) is 14.3 Å². The molecule has 1 atom stereocenters. The van der Waals surface area contributed by atoms with Gasteiger partial charge in [-0.25, -0.2) is 0 Å². The van der Waals surface area contributed by atoms with Crippen LogP contribution in [-0.2, 0) is 11.2 Å². The van der Waals surface area contributed by atoms with E-state index in [0.717, 1.165) is 7.14 Å². The molecule has 0 saturated heterocycles. The molecule has 0 aliphatic rings. The third kappa shape index (κ3) is 5.20. The minimum atomic E-state index is -1.24. The van der Waals surface area contributed by atoms with E-state index in [1.807, 2.05) is 45.2 Å². The summed E-state index contributed by atoms with van der Waals surface area (Å²) in [7, 11) is 0. The topological polar surface area (TPSA) is 92.8 Å². The molecule has 0 spiro atoms. The number of rotatable bonds is 6. The number of benzene rings is 2. The van der Waals surface area contributed by atoms with E-state index in [1.165, 1.54) is 0 Å². The van der Waals surface area contributed by atoms with Gasteiger partial charge in [0.1, 0.15) is 20.4 Å². The Hall–Kier alpha value is 0.390. The van der Waals surface area contributed by atoms with Crippen LogP contribution in [0.2, 0.25) is 2.82 Å². The summed E-state index contributed by atoms with van der Waals surface area (Å²) in [5.41, 5.74) is 0.908. The fourth-order valence-electron chi connectivity index (χ4n) is 1.86. The van der Waals surface area contributed by atoms with Gasteiger partial charge in [0.2, 0.25) is 0 Å². The highest BCUT2D eigenvalue weighted by Crippen LogP contribution is 2.36. The first-order valence-corrected chi connectivity index (χ1v) is 10.7. The van der Waals surface area contributed by atoms with Gasteiger partial charge in [0.25, 0.3) is 0 Å². The Morgan fingerprint density at radius 2 is 1.67 bits per heavy atom. The minimum absolute atomic E-state index is 0.0453. The first-order chi connectivity index (χ1) is 12.1. The van der Waals surface area contributed by atoms with Gasteiger partial charge >= 0.3 is 5.97 Å². The molecule has 0 saturated carbocycles. The minimum Gasteiger partial charge on any atom is -0.506 e. The number of hydrogen-bond donors (Lipinski definition) is 3. The summed E-state index contributed by atoms with van der Waals surface area (Å²) in [4.78, 5) is 11.2. The lowest BCUT2D eigenvalue weighted by atomic mass is 10.1. The molecule has 2 aromatic rings. The molecule has 0 amide bonds. The van der Waals surface area contributed by atoms with Gasteiger partial charge in [-0.3, -0.25) is 4.79 Å². The lowest BCUT2D eigenvalue weighted by molar-refractivity contribution is -0.138. The molecule has 0 aromatic heterocycles. The first kappa shape index (κ1) is 17.8. The second-order valence-corrected chi connectivity index (χ2v) is 9.43. The molecule has 24 heavy (non-hydrogen) atoms.